The van der Waals surface area contributed by atoms with Crippen molar-refractivity contribution in [3.63, 3.8) is 0 Å². The second kappa shape index (κ2) is 8.10. The molecular formula is C18H30N6O3S. The fourth-order valence-electron chi connectivity index (χ4n) is 4.04. The lowest BCUT2D eigenvalue weighted by Crippen LogP contribution is -2.53. The highest BCUT2D eigenvalue weighted by Gasteiger charge is 2.39. The third-order valence-corrected chi connectivity index (χ3v) is 7.78. The maximum Gasteiger partial charge on any atom is 0.282 e. The lowest BCUT2D eigenvalue weighted by Gasteiger charge is -2.40. The molecule has 28 heavy (non-hydrogen) atoms. The summed E-state index contributed by atoms with van der Waals surface area (Å²) in [7, 11) is 0.564. The molecule has 1 aromatic rings. The maximum atomic E-state index is 12.9. The topological polar surface area (TPSA) is 82.1 Å². The summed E-state index contributed by atoms with van der Waals surface area (Å²) in [6, 6.07) is 2.86. The minimum Gasteiger partial charge on any atom is -0.379 e. The van der Waals surface area contributed by atoms with Crippen LogP contribution in [0.1, 0.15) is 25.7 Å². The van der Waals surface area contributed by atoms with Gasteiger partial charge in [-0.2, -0.15) is 17.0 Å². The fourth-order valence-corrected chi connectivity index (χ4v) is 5.65. The predicted molar refractivity (Wildman–Crippen MR) is 108 cm³/mol. The molecule has 156 valence electrons. The van der Waals surface area contributed by atoms with Crippen LogP contribution in [-0.4, -0.2) is 92.6 Å². The molecule has 0 spiro atoms. The van der Waals surface area contributed by atoms with Crippen molar-refractivity contribution in [3.05, 3.63) is 12.4 Å². The third kappa shape index (κ3) is 4.10. The summed E-state index contributed by atoms with van der Waals surface area (Å²) in [5, 5.41) is 0. The van der Waals surface area contributed by atoms with Gasteiger partial charge in [0.2, 0.25) is 0 Å². The summed E-state index contributed by atoms with van der Waals surface area (Å²) >= 11 is 0. The van der Waals surface area contributed by atoms with E-state index in [1.165, 1.54) is 12.8 Å². The molecule has 9 nitrogen and oxygen atoms in total. The quantitative estimate of drug-likeness (QED) is 0.677. The molecule has 0 radical (unpaired) electrons. The highest BCUT2D eigenvalue weighted by Crippen LogP contribution is 2.36. The first-order valence-corrected chi connectivity index (χ1v) is 11.5. The van der Waals surface area contributed by atoms with Gasteiger partial charge in [-0.1, -0.05) is 0 Å². The Balaban J connectivity index is 1.45. The Hall–Kier alpha value is -1.49. The van der Waals surface area contributed by atoms with Crippen LogP contribution in [0.25, 0.3) is 0 Å². The van der Waals surface area contributed by atoms with E-state index >= 15 is 0 Å². The molecule has 0 amide bonds. The molecule has 4 rings (SSSR count). The van der Waals surface area contributed by atoms with Crippen LogP contribution in [0.4, 0.5) is 11.6 Å². The summed E-state index contributed by atoms with van der Waals surface area (Å²) in [5.74, 6) is 1.85. The number of nitrogens with zero attached hydrogens (tertiary/aromatic N) is 6. The number of rotatable bonds is 6. The summed E-state index contributed by atoms with van der Waals surface area (Å²) in [4.78, 5) is 13.3. The second-order valence-electron chi connectivity index (χ2n) is 7.92. The fraction of sp³-hybridized carbons (Fsp3) is 0.778. The van der Waals surface area contributed by atoms with Gasteiger partial charge in [0, 0.05) is 58.4 Å². The molecule has 1 aromatic heterocycles. The molecule has 1 aliphatic carbocycles. The minimum absolute atomic E-state index is 0.313. The van der Waals surface area contributed by atoms with E-state index in [-0.39, 0.29) is 0 Å². The van der Waals surface area contributed by atoms with Gasteiger partial charge in [-0.15, -0.1) is 0 Å². The molecule has 0 unspecified atom stereocenters. The molecule has 0 aromatic carbocycles. The molecule has 3 aliphatic rings. The number of anilines is 2. The Kier molecular flexibility index (Phi) is 5.73. The minimum atomic E-state index is -3.39. The highest BCUT2D eigenvalue weighted by atomic mass is 32.2. The molecule has 2 saturated heterocycles. The van der Waals surface area contributed by atoms with Crippen molar-refractivity contribution in [2.24, 2.45) is 0 Å². The smallest absolute Gasteiger partial charge is 0.282 e. The van der Waals surface area contributed by atoms with E-state index in [9.17, 15) is 8.42 Å². The van der Waals surface area contributed by atoms with Gasteiger partial charge >= 0.3 is 0 Å². The first kappa shape index (κ1) is 19.8. The number of aromatic nitrogens is 2. The van der Waals surface area contributed by atoms with E-state index in [4.69, 9.17) is 4.74 Å². The highest BCUT2D eigenvalue weighted by molar-refractivity contribution is 7.86. The first-order valence-electron chi connectivity index (χ1n) is 10.1. The molecule has 1 saturated carbocycles. The van der Waals surface area contributed by atoms with E-state index in [0.717, 1.165) is 24.5 Å². The van der Waals surface area contributed by atoms with Crippen molar-refractivity contribution in [2.75, 3.05) is 63.3 Å². The Morgan fingerprint density at radius 3 is 2.11 bits per heavy atom. The van der Waals surface area contributed by atoms with Crippen LogP contribution in [0.5, 0.6) is 0 Å². The van der Waals surface area contributed by atoms with Gasteiger partial charge in [0.25, 0.3) is 10.2 Å². The van der Waals surface area contributed by atoms with Gasteiger partial charge in [-0.05, 0) is 25.7 Å². The van der Waals surface area contributed by atoms with Crippen molar-refractivity contribution in [3.8, 4) is 0 Å². The normalized spacial score (nSPS) is 22.9. The Bertz CT molecular complexity index is 771. The van der Waals surface area contributed by atoms with Gasteiger partial charge < -0.3 is 14.5 Å². The van der Waals surface area contributed by atoms with Crippen LogP contribution in [0.2, 0.25) is 0 Å². The van der Waals surface area contributed by atoms with Crippen LogP contribution in [0.3, 0.4) is 0 Å². The van der Waals surface area contributed by atoms with Gasteiger partial charge in [0.1, 0.15) is 18.0 Å². The van der Waals surface area contributed by atoms with Crippen LogP contribution < -0.4 is 9.80 Å². The van der Waals surface area contributed by atoms with Crippen LogP contribution in [0, 0.1) is 0 Å². The lowest BCUT2D eigenvalue weighted by molar-refractivity contribution is 0.0696. The summed E-state index contributed by atoms with van der Waals surface area (Å²) in [6.07, 6.45) is 5.61. The van der Waals surface area contributed by atoms with Crippen molar-refractivity contribution in [1.29, 1.82) is 0 Å². The number of hydrogen-bond donors (Lipinski definition) is 0. The zero-order chi connectivity index (χ0) is 19.7. The van der Waals surface area contributed by atoms with E-state index in [2.05, 4.69) is 14.9 Å². The predicted octanol–water partition coefficient (Wildman–Crippen LogP) is 0.553. The molecule has 0 bridgehead atoms. The van der Waals surface area contributed by atoms with Crippen LogP contribution in [0.15, 0.2) is 12.4 Å². The molecule has 10 heteroatoms. The van der Waals surface area contributed by atoms with E-state index < -0.39 is 10.2 Å². The molecule has 0 N–H and O–H groups in total. The van der Waals surface area contributed by atoms with E-state index in [1.54, 1.807) is 14.9 Å². The second-order valence-corrected chi connectivity index (χ2v) is 9.85. The zero-order valence-electron chi connectivity index (χ0n) is 16.7. The number of piperidine rings is 1. The Labute approximate surface area is 167 Å². The van der Waals surface area contributed by atoms with Crippen molar-refractivity contribution >= 4 is 21.8 Å². The molecule has 2 aliphatic heterocycles. The summed E-state index contributed by atoms with van der Waals surface area (Å²) < 4.78 is 34.3. The zero-order valence-corrected chi connectivity index (χ0v) is 17.5. The lowest BCUT2D eigenvalue weighted by atomic mass is 10.0. The van der Waals surface area contributed by atoms with E-state index in [0.29, 0.717) is 51.5 Å². The van der Waals surface area contributed by atoms with Crippen LogP contribution in [-0.2, 0) is 14.9 Å². The number of morpholine rings is 1. The SMILES string of the molecule is CN(C)c1cc(N(C2CC2)C2CCN(S(=O)(=O)N3CCOCC3)CC2)ncn1. The summed E-state index contributed by atoms with van der Waals surface area (Å²) in [6.45, 7) is 2.97. The molecule has 0 atom stereocenters. The van der Waals surface area contributed by atoms with Gasteiger partial charge in [-0.25, -0.2) is 9.97 Å². The van der Waals surface area contributed by atoms with Gasteiger partial charge in [0.15, 0.2) is 0 Å². The standard InChI is InChI=1S/C18H30N6O3S/c1-21(2)17-13-18(20-14-19-17)24(15-3-4-15)16-5-7-22(8-6-16)28(25,26)23-9-11-27-12-10-23/h13-16H,3-12H2,1-2H3. The first-order chi connectivity index (χ1) is 13.5. The van der Waals surface area contributed by atoms with Gasteiger partial charge in [0.05, 0.1) is 13.2 Å². The Morgan fingerprint density at radius 2 is 1.50 bits per heavy atom. The molecule has 3 heterocycles. The Morgan fingerprint density at radius 1 is 0.929 bits per heavy atom. The average Bonchev–Trinajstić information content (AvgIpc) is 3.54. The largest absolute Gasteiger partial charge is 0.379 e. The number of hydrogen-bond acceptors (Lipinski definition) is 7. The van der Waals surface area contributed by atoms with Crippen molar-refractivity contribution in [1.82, 2.24) is 18.6 Å². The maximum absolute atomic E-state index is 12.9. The summed E-state index contributed by atoms with van der Waals surface area (Å²) in [5.41, 5.74) is 0. The molecule has 3 fully saturated rings. The number of ether oxygens (including phenoxy) is 1. The van der Waals surface area contributed by atoms with Crippen molar-refractivity contribution < 1.29 is 13.2 Å². The average molecular weight is 411 g/mol. The molecular weight excluding hydrogens is 380 g/mol. The monoisotopic (exact) mass is 410 g/mol. The van der Waals surface area contributed by atoms with Gasteiger partial charge in [-0.3, -0.25) is 0 Å². The van der Waals surface area contributed by atoms with E-state index in [1.807, 2.05) is 25.1 Å². The third-order valence-electron chi connectivity index (χ3n) is 5.74. The van der Waals surface area contributed by atoms with Crippen LogP contribution >= 0.6 is 0 Å². The van der Waals surface area contributed by atoms with Crippen molar-refractivity contribution in [2.45, 2.75) is 37.8 Å².